The minimum Gasteiger partial charge on any atom is -0.330 e. The Bertz CT molecular complexity index is 611. The highest BCUT2D eigenvalue weighted by atomic mass is 19.4. The summed E-state index contributed by atoms with van der Waals surface area (Å²) >= 11 is 0. The minimum atomic E-state index is -4.69. The fourth-order valence-corrected chi connectivity index (χ4v) is 3.17. The maximum absolute atomic E-state index is 13.5. The van der Waals surface area contributed by atoms with Crippen LogP contribution < -0.4 is 0 Å². The lowest BCUT2D eigenvalue weighted by molar-refractivity contribution is -0.235. The Morgan fingerprint density at radius 3 is 2.55 bits per heavy atom. The Balaban J connectivity index is 2.23. The van der Waals surface area contributed by atoms with Crippen LogP contribution in [0.2, 0.25) is 0 Å². The zero-order chi connectivity index (χ0) is 14.7. The van der Waals surface area contributed by atoms with Crippen molar-refractivity contribution in [1.82, 2.24) is 4.90 Å². The third kappa shape index (κ3) is 1.42. The van der Waals surface area contributed by atoms with E-state index in [1.54, 1.807) is 12.1 Å². The molecule has 0 unspecified atom stereocenters. The highest BCUT2D eigenvalue weighted by Crippen LogP contribution is 2.56. The predicted molar refractivity (Wildman–Crippen MR) is 64.0 cm³/mol. The summed E-state index contributed by atoms with van der Waals surface area (Å²) < 4.78 is 40.4. The van der Waals surface area contributed by atoms with Gasteiger partial charge in [-0.05, 0) is 18.6 Å². The number of alkyl halides is 3. The Morgan fingerprint density at radius 1 is 1.25 bits per heavy atom. The largest absolute Gasteiger partial charge is 0.403 e. The molecule has 3 nitrogen and oxygen atoms in total. The van der Waals surface area contributed by atoms with Gasteiger partial charge in [0.15, 0.2) is 5.78 Å². The highest BCUT2D eigenvalue weighted by Gasteiger charge is 2.66. The molecule has 2 aliphatic heterocycles. The maximum Gasteiger partial charge on any atom is 0.403 e. The van der Waals surface area contributed by atoms with Crippen molar-refractivity contribution in [3.05, 3.63) is 35.4 Å². The van der Waals surface area contributed by atoms with E-state index in [1.807, 2.05) is 0 Å². The Kier molecular flexibility index (Phi) is 2.52. The summed E-state index contributed by atoms with van der Waals surface area (Å²) in [5.74, 6) is -1.27. The van der Waals surface area contributed by atoms with Crippen molar-refractivity contribution >= 4 is 11.7 Å². The van der Waals surface area contributed by atoms with Gasteiger partial charge in [0.25, 0.3) is 5.91 Å². The number of rotatable bonds is 0. The van der Waals surface area contributed by atoms with Crippen LogP contribution in [0.3, 0.4) is 0 Å². The molecule has 1 aromatic carbocycles. The lowest BCUT2D eigenvalue weighted by Crippen LogP contribution is -2.56. The van der Waals surface area contributed by atoms with Gasteiger partial charge in [0, 0.05) is 18.5 Å². The van der Waals surface area contributed by atoms with Crippen LogP contribution >= 0.6 is 0 Å². The molecule has 0 radical (unpaired) electrons. The second kappa shape index (κ2) is 3.84. The predicted octanol–water partition coefficient (Wildman–Crippen LogP) is 2.72. The number of fused-ring (bicyclic) bond motifs is 3. The van der Waals surface area contributed by atoms with Crippen LogP contribution in [-0.4, -0.2) is 29.3 Å². The van der Waals surface area contributed by atoms with Crippen LogP contribution in [0.4, 0.5) is 13.2 Å². The van der Waals surface area contributed by atoms with Crippen molar-refractivity contribution < 1.29 is 22.8 Å². The van der Waals surface area contributed by atoms with Crippen LogP contribution in [0, 0.1) is 5.41 Å². The molecule has 1 fully saturated rings. The van der Waals surface area contributed by atoms with Gasteiger partial charge in [-0.2, -0.15) is 13.2 Å². The second-order valence-corrected chi connectivity index (χ2v) is 5.36. The van der Waals surface area contributed by atoms with Crippen LogP contribution in [0.25, 0.3) is 0 Å². The molecule has 0 N–H and O–H groups in total. The van der Waals surface area contributed by atoms with Gasteiger partial charge in [0.2, 0.25) is 0 Å². The Labute approximate surface area is 113 Å². The summed E-state index contributed by atoms with van der Waals surface area (Å²) in [4.78, 5) is 25.3. The van der Waals surface area contributed by atoms with Crippen molar-refractivity contribution in [2.75, 3.05) is 6.54 Å². The molecule has 1 saturated heterocycles. The zero-order valence-electron chi connectivity index (χ0n) is 10.7. The van der Waals surface area contributed by atoms with Gasteiger partial charge in [-0.25, -0.2) is 0 Å². The molecule has 0 bridgehead atoms. The van der Waals surface area contributed by atoms with E-state index in [9.17, 15) is 22.8 Å². The van der Waals surface area contributed by atoms with Gasteiger partial charge < -0.3 is 4.90 Å². The Morgan fingerprint density at radius 2 is 1.90 bits per heavy atom. The summed E-state index contributed by atoms with van der Waals surface area (Å²) in [5.41, 5.74) is -1.97. The third-order valence-electron chi connectivity index (χ3n) is 4.35. The molecule has 20 heavy (non-hydrogen) atoms. The summed E-state index contributed by atoms with van der Waals surface area (Å²) in [6, 6.07) is 4.97. The molecule has 3 rings (SSSR count). The van der Waals surface area contributed by atoms with E-state index in [4.69, 9.17) is 0 Å². The zero-order valence-corrected chi connectivity index (χ0v) is 10.7. The molecule has 0 aromatic heterocycles. The molecule has 2 atom stereocenters. The molecule has 2 heterocycles. The van der Waals surface area contributed by atoms with Crippen LogP contribution in [0.15, 0.2) is 24.3 Å². The van der Waals surface area contributed by atoms with E-state index < -0.39 is 29.3 Å². The number of halogens is 3. The van der Waals surface area contributed by atoms with Crippen molar-refractivity contribution in [1.29, 1.82) is 0 Å². The fourth-order valence-electron chi connectivity index (χ4n) is 3.17. The quantitative estimate of drug-likeness (QED) is 0.734. The van der Waals surface area contributed by atoms with E-state index >= 15 is 0 Å². The first kappa shape index (κ1) is 13.1. The van der Waals surface area contributed by atoms with E-state index in [1.165, 1.54) is 17.0 Å². The summed E-state index contributed by atoms with van der Waals surface area (Å²) in [6.45, 7) is 0.949. The Hall–Kier alpha value is -1.85. The normalized spacial score (nSPS) is 29.4. The van der Waals surface area contributed by atoms with Gasteiger partial charge in [-0.15, -0.1) is 0 Å². The average Bonchev–Trinajstić information content (AvgIpc) is 2.67. The molecule has 1 amide bonds. The topological polar surface area (TPSA) is 37.4 Å². The van der Waals surface area contributed by atoms with Crippen molar-refractivity contribution in [2.45, 2.75) is 25.6 Å². The minimum absolute atomic E-state index is 0.0443. The van der Waals surface area contributed by atoms with Gasteiger partial charge in [0.05, 0.1) is 6.04 Å². The second-order valence-electron chi connectivity index (χ2n) is 5.36. The molecule has 0 saturated carbocycles. The standard InChI is InChI=1S/C14H12F3NO2/c1-13(14(15,16)17)10(19)6-7-18-11(13)8-4-2-3-5-9(8)12(18)20/h2-5,11H,6-7H2,1H3/t11-,13-/m1/s1. The highest BCUT2D eigenvalue weighted by molar-refractivity contribution is 6.02. The number of piperidine rings is 1. The molecule has 2 aliphatic rings. The van der Waals surface area contributed by atoms with Crippen molar-refractivity contribution in [2.24, 2.45) is 5.41 Å². The number of nitrogens with zero attached hydrogens (tertiary/aromatic N) is 1. The number of benzene rings is 1. The van der Waals surface area contributed by atoms with Crippen LogP contribution in [0.5, 0.6) is 0 Å². The maximum atomic E-state index is 13.5. The SMILES string of the molecule is C[C@@]1(C(F)(F)F)C(=O)CCN2C(=O)c3ccccc3[C@@H]21. The molecular formula is C14H12F3NO2. The van der Waals surface area contributed by atoms with Crippen LogP contribution in [0.1, 0.15) is 35.3 Å². The van der Waals surface area contributed by atoms with E-state index in [2.05, 4.69) is 0 Å². The third-order valence-corrected chi connectivity index (χ3v) is 4.35. The first-order valence-corrected chi connectivity index (χ1v) is 6.28. The van der Waals surface area contributed by atoms with Gasteiger partial charge >= 0.3 is 6.18 Å². The van der Waals surface area contributed by atoms with E-state index in [-0.39, 0.29) is 18.5 Å². The van der Waals surface area contributed by atoms with Crippen LogP contribution in [-0.2, 0) is 4.79 Å². The molecule has 0 spiro atoms. The number of hydrogen-bond acceptors (Lipinski definition) is 2. The monoisotopic (exact) mass is 283 g/mol. The number of carbonyl (C=O) groups is 2. The molecule has 0 aliphatic carbocycles. The number of Topliss-reactive ketones (excluding diaryl/α,β-unsaturated/α-hetero) is 1. The lowest BCUT2D eigenvalue weighted by Gasteiger charge is -2.44. The molecule has 6 heteroatoms. The average molecular weight is 283 g/mol. The number of amides is 1. The number of ketones is 1. The summed E-state index contributed by atoms with van der Waals surface area (Å²) in [6.07, 6.45) is -4.95. The molecular weight excluding hydrogens is 271 g/mol. The van der Waals surface area contributed by atoms with E-state index in [0.717, 1.165) is 6.92 Å². The summed E-state index contributed by atoms with van der Waals surface area (Å²) in [7, 11) is 0. The van der Waals surface area contributed by atoms with Crippen molar-refractivity contribution in [3.8, 4) is 0 Å². The summed E-state index contributed by atoms with van der Waals surface area (Å²) in [5, 5.41) is 0. The van der Waals surface area contributed by atoms with Gasteiger partial charge in [0.1, 0.15) is 5.41 Å². The molecule has 106 valence electrons. The molecule has 1 aromatic rings. The number of carbonyl (C=O) groups excluding carboxylic acids is 2. The number of hydrogen-bond donors (Lipinski definition) is 0. The smallest absolute Gasteiger partial charge is 0.330 e. The van der Waals surface area contributed by atoms with Crippen molar-refractivity contribution in [3.63, 3.8) is 0 Å². The fraction of sp³-hybridized carbons (Fsp3) is 0.429. The van der Waals surface area contributed by atoms with Gasteiger partial charge in [-0.1, -0.05) is 18.2 Å². The lowest BCUT2D eigenvalue weighted by atomic mass is 9.71. The van der Waals surface area contributed by atoms with E-state index in [0.29, 0.717) is 5.56 Å². The van der Waals surface area contributed by atoms with Gasteiger partial charge in [-0.3, -0.25) is 9.59 Å². The first-order valence-electron chi connectivity index (χ1n) is 6.28. The first-order chi connectivity index (χ1) is 9.28.